The molecule has 2 aliphatic rings. The van der Waals surface area contributed by atoms with E-state index in [1.54, 1.807) is 0 Å². The highest BCUT2D eigenvalue weighted by atomic mass is 35.5. The van der Waals surface area contributed by atoms with Gasteiger partial charge in [-0.1, -0.05) is 41.9 Å². The molecule has 6 nitrogen and oxygen atoms in total. The Labute approximate surface area is 141 Å². The van der Waals surface area contributed by atoms with Crippen LogP contribution in [0.15, 0.2) is 41.1 Å². The van der Waals surface area contributed by atoms with Gasteiger partial charge < -0.3 is 10.4 Å². The third-order valence-corrected chi connectivity index (χ3v) is 5.40. The molecular formula is C15H13ClN2O4S. The number of carbonyl (C=O) groups excluding carboxylic acids is 2. The molecule has 8 heteroatoms. The molecule has 1 aromatic rings. The van der Waals surface area contributed by atoms with Crippen LogP contribution in [0.2, 0.25) is 0 Å². The van der Waals surface area contributed by atoms with Gasteiger partial charge in [0, 0.05) is 5.75 Å². The van der Waals surface area contributed by atoms with Gasteiger partial charge in [0.1, 0.15) is 17.1 Å². The van der Waals surface area contributed by atoms with Crippen LogP contribution in [0.1, 0.15) is 5.56 Å². The van der Waals surface area contributed by atoms with Crippen LogP contribution < -0.4 is 5.32 Å². The lowest BCUT2D eigenvalue weighted by Crippen LogP contribution is -2.70. The maximum Gasteiger partial charge on any atom is 0.353 e. The molecule has 2 aliphatic heterocycles. The molecule has 2 N–H and O–H groups in total. The normalized spacial score (nSPS) is 23.2. The van der Waals surface area contributed by atoms with Crippen LogP contribution in [0.5, 0.6) is 0 Å². The number of aliphatic carboxylic acids is 1. The van der Waals surface area contributed by atoms with Crippen LogP contribution >= 0.6 is 23.4 Å². The maximum atomic E-state index is 12.2. The Balaban J connectivity index is 1.67. The highest BCUT2D eigenvalue weighted by molar-refractivity contribution is 8.00. The van der Waals surface area contributed by atoms with E-state index in [9.17, 15) is 19.5 Å². The number of β-lactam (4-membered cyclic amide) rings is 1. The number of carbonyl (C=O) groups is 3. The number of benzene rings is 1. The van der Waals surface area contributed by atoms with Gasteiger partial charge in [0.2, 0.25) is 5.91 Å². The molecule has 0 saturated carbocycles. The first-order valence-corrected chi connectivity index (χ1v) is 8.31. The average molecular weight is 353 g/mol. The summed E-state index contributed by atoms with van der Waals surface area (Å²) in [7, 11) is 0. The fourth-order valence-electron chi connectivity index (χ4n) is 2.59. The average Bonchev–Trinajstić information content (AvgIpc) is 2.53. The summed E-state index contributed by atoms with van der Waals surface area (Å²) >= 11 is 7.23. The van der Waals surface area contributed by atoms with Gasteiger partial charge in [-0.05, 0) is 5.56 Å². The Morgan fingerprint density at radius 3 is 2.70 bits per heavy atom. The number of rotatable bonds is 4. The van der Waals surface area contributed by atoms with Crippen molar-refractivity contribution in [2.24, 2.45) is 0 Å². The van der Waals surface area contributed by atoms with E-state index in [0.717, 1.165) is 10.5 Å². The number of thioether (sulfide) groups is 1. The van der Waals surface area contributed by atoms with Crippen molar-refractivity contribution in [1.29, 1.82) is 0 Å². The van der Waals surface area contributed by atoms with Crippen molar-refractivity contribution in [2.45, 2.75) is 17.8 Å². The predicted octanol–water partition coefficient (Wildman–Crippen LogP) is 1.16. The Morgan fingerprint density at radius 1 is 1.35 bits per heavy atom. The molecule has 120 valence electrons. The van der Waals surface area contributed by atoms with Crippen molar-refractivity contribution in [2.75, 3.05) is 5.75 Å². The monoisotopic (exact) mass is 352 g/mol. The standard InChI is InChI=1S/C15H13ClN2O4S/c16-9-7-23-14-11(13(20)18(14)12(9)15(21)22)17-10(19)6-8-4-2-1-3-5-8/h1-5,11,14H,6-7H2,(H,17,19)(H,21,22)/t11-,14-/m1/s1. The zero-order valence-corrected chi connectivity index (χ0v) is 13.4. The zero-order valence-electron chi connectivity index (χ0n) is 11.9. The molecule has 0 aromatic heterocycles. The molecule has 0 radical (unpaired) electrons. The molecule has 23 heavy (non-hydrogen) atoms. The minimum absolute atomic E-state index is 0.140. The second kappa shape index (κ2) is 6.25. The Kier molecular flexibility index (Phi) is 4.32. The summed E-state index contributed by atoms with van der Waals surface area (Å²) in [6, 6.07) is 8.47. The Bertz CT molecular complexity index is 707. The molecule has 0 bridgehead atoms. The van der Waals surface area contributed by atoms with Crippen molar-refractivity contribution in [3.8, 4) is 0 Å². The van der Waals surface area contributed by atoms with Crippen molar-refractivity contribution in [1.82, 2.24) is 10.2 Å². The number of fused-ring (bicyclic) bond motifs is 1. The first-order chi connectivity index (χ1) is 11.0. The molecule has 2 atom stereocenters. The number of nitrogens with zero attached hydrogens (tertiary/aromatic N) is 1. The summed E-state index contributed by atoms with van der Waals surface area (Å²) < 4.78 is 0. The highest BCUT2D eigenvalue weighted by Gasteiger charge is 2.54. The lowest BCUT2D eigenvalue weighted by atomic mass is 10.0. The molecule has 2 heterocycles. The fraction of sp³-hybridized carbons (Fsp3) is 0.267. The van der Waals surface area contributed by atoms with Crippen LogP contribution in [0.25, 0.3) is 0 Å². The van der Waals surface area contributed by atoms with Crippen LogP contribution in [-0.2, 0) is 20.8 Å². The lowest BCUT2D eigenvalue weighted by Gasteiger charge is -2.48. The summed E-state index contributed by atoms with van der Waals surface area (Å²) in [5.74, 6) is -1.64. The Morgan fingerprint density at radius 2 is 2.04 bits per heavy atom. The number of amides is 2. The van der Waals surface area contributed by atoms with E-state index in [1.165, 1.54) is 11.8 Å². The quantitative estimate of drug-likeness (QED) is 0.794. The third-order valence-electron chi connectivity index (χ3n) is 3.65. The van der Waals surface area contributed by atoms with Gasteiger partial charge in [-0.25, -0.2) is 4.79 Å². The van der Waals surface area contributed by atoms with Gasteiger partial charge in [0.15, 0.2) is 0 Å². The van der Waals surface area contributed by atoms with Gasteiger partial charge in [-0.2, -0.15) is 0 Å². The van der Waals surface area contributed by atoms with Gasteiger partial charge in [-0.3, -0.25) is 14.5 Å². The number of carboxylic acids is 1. The van der Waals surface area contributed by atoms with Crippen LogP contribution in [-0.4, -0.2) is 45.0 Å². The first kappa shape index (κ1) is 15.9. The van der Waals surface area contributed by atoms with Crippen LogP contribution in [0.3, 0.4) is 0 Å². The third kappa shape index (κ3) is 2.94. The van der Waals surface area contributed by atoms with Gasteiger partial charge in [-0.15, -0.1) is 11.8 Å². The molecule has 0 spiro atoms. The van der Waals surface area contributed by atoms with Crippen molar-refractivity contribution in [3.63, 3.8) is 0 Å². The van der Waals surface area contributed by atoms with E-state index >= 15 is 0 Å². The van der Waals surface area contributed by atoms with Gasteiger partial charge >= 0.3 is 5.97 Å². The Hall–Kier alpha value is -1.99. The van der Waals surface area contributed by atoms with Crippen LogP contribution in [0, 0.1) is 0 Å². The van der Waals surface area contributed by atoms with E-state index in [1.807, 2.05) is 30.3 Å². The van der Waals surface area contributed by atoms with E-state index < -0.39 is 23.3 Å². The molecule has 3 rings (SSSR count). The molecule has 1 saturated heterocycles. The summed E-state index contributed by atoms with van der Waals surface area (Å²) in [4.78, 5) is 36.6. The largest absolute Gasteiger partial charge is 0.477 e. The van der Waals surface area contributed by atoms with Crippen molar-refractivity contribution >= 4 is 41.1 Å². The first-order valence-electron chi connectivity index (χ1n) is 6.89. The highest BCUT2D eigenvalue weighted by Crippen LogP contribution is 2.41. The predicted molar refractivity (Wildman–Crippen MR) is 85.7 cm³/mol. The number of halogens is 1. The zero-order chi connectivity index (χ0) is 16.6. The van der Waals surface area contributed by atoms with E-state index in [-0.39, 0.29) is 23.1 Å². The molecule has 2 amide bonds. The van der Waals surface area contributed by atoms with Crippen molar-refractivity contribution < 1.29 is 19.5 Å². The maximum absolute atomic E-state index is 12.2. The molecular weight excluding hydrogens is 340 g/mol. The number of hydrogen-bond donors (Lipinski definition) is 2. The topological polar surface area (TPSA) is 86.7 Å². The fourth-order valence-corrected chi connectivity index (χ4v) is 4.14. The summed E-state index contributed by atoms with van der Waals surface area (Å²) in [6.45, 7) is 0. The van der Waals surface area contributed by atoms with E-state index in [2.05, 4.69) is 5.32 Å². The SMILES string of the molecule is O=C(Cc1ccccc1)N[C@@H]1C(=O)N2C(C(=O)O)=C(Cl)CS[C@H]12. The number of carboxylic acid groups (broad SMARTS) is 1. The summed E-state index contributed by atoms with van der Waals surface area (Å²) in [5.41, 5.74) is 0.660. The van der Waals surface area contributed by atoms with Crippen molar-refractivity contribution in [3.05, 3.63) is 46.6 Å². The van der Waals surface area contributed by atoms with Crippen LogP contribution in [0.4, 0.5) is 0 Å². The number of nitrogens with one attached hydrogen (secondary N) is 1. The number of hydrogen-bond acceptors (Lipinski definition) is 4. The lowest BCUT2D eigenvalue weighted by molar-refractivity contribution is -0.150. The summed E-state index contributed by atoms with van der Waals surface area (Å²) in [5, 5.41) is 11.6. The molecule has 0 aliphatic carbocycles. The second-order valence-electron chi connectivity index (χ2n) is 5.18. The minimum atomic E-state index is -1.23. The van der Waals surface area contributed by atoms with E-state index in [4.69, 9.17) is 11.6 Å². The molecule has 1 fully saturated rings. The second-order valence-corrected chi connectivity index (χ2v) is 6.74. The minimum Gasteiger partial charge on any atom is -0.477 e. The van der Waals surface area contributed by atoms with E-state index in [0.29, 0.717) is 5.75 Å². The van der Waals surface area contributed by atoms with Gasteiger partial charge in [0.25, 0.3) is 5.91 Å². The molecule has 1 aromatic carbocycles. The van der Waals surface area contributed by atoms with Gasteiger partial charge in [0.05, 0.1) is 11.5 Å². The summed E-state index contributed by atoms with van der Waals surface area (Å²) in [6.07, 6.45) is 0.171. The molecule has 0 unspecified atom stereocenters. The smallest absolute Gasteiger partial charge is 0.353 e.